The molecule has 0 fully saturated rings. The standard InChI is InChI=1S/C16H17FN4O2S2/c1-10-7-15(11(2)24-10)25(22,23)21-6-5-18-16-13-8-12(17)3-4-14(13)19-9-20-16/h3-4,7-9,21H,5-6H2,1-2H3,(H,18,19,20). The summed E-state index contributed by atoms with van der Waals surface area (Å²) in [5.74, 6) is 0.0839. The number of aryl methyl sites for hydroxylation is 2. The van der Waals surface area contributed by atoms with Crippen LogP contribution in [0.4, 0.5) is 10.2 Å². The zero-order valence-electron chi connectivity index (χ0n) is 13.7. The number of halogens is 1. The fraction of sp³-hybridized carbons (Fsp3) is 0.250. The van der Waals surface area contributed by atoms with Gasteiger partial charge in [-0.25, -0.2) is 27.5 Å². The SMILES string of the molecule is Cc1cc(S(=O)(=O)NCCNc2ncnc3ccc(F)cc23)c(C)s1. The number of rotatable bonds is 6. The molecule has 0 atom stereocenters. The number of anilines is 1. The van der Waals surface area contributed by atoms with E-state index in [1.165, 1.54) is 29.8 Å². The van der Waals surface area contributed by atoms with E-state index >= 15 is 0 Å². The van der Waals surface area contributed by atoms with Crippen molar-refractivity contribution in [2.75, 3.05) is 18.4 Å². The number of aromatic nitrogens is 2. The molecule has 0 radical (unpaired) electrons. The van der Waals surface area contributed by atoms with E-state index in [2.05, 4.69) is 20.0 Å². The van der Waals surface area contributed by atoms with Gasteiger partial charge >= 0.3 is 0 Å². The number of sulfonamides is 1. The molecule has 6 nitrogen and oxygen atoms in total. The minimum atomic E-state index is -3.55. The molecule has 2 heterocycles. The Balaban J connectivity index is 1.66. The highest BCUT2D eigenvalue weighted by Crippen LogP contribution is 2.24. The van der Waals surface area contributed by atoms with E-state index in [0.717, 1.165) is 9.75 Å². The van der Waals surface area contributed by atoms with Crippen LogP contribution in [0.25, 0.3) is 10.9 Å². The average molecular weight is 380 g/mol. The molecule has 3 aromatic rings. The first-order chi connectivity index (χ1) is 11.9. The molecule has 132 valence electrons. The summed E-state index contributed by atoms with van der Waals surface area (Å²) >= 11 is 1.45. The van der Waals surface area contributed by atoms with Crippen LogP contribution in [-0.2, 0) is 10.0 Å². The summed E-state index contributed by atoms with van der Waals surface area (Å²) in [6, 6.07) is 5.91. The monoisotopic (exact) mass is 380 g/mol. The molecule has 0 saturated heterocycles. The van der Waals surface area contributed by atoms with E-state index in [1.54, 1.807) is 19.1 Å². The fourth-order valence-corrected chi connectivity index (χ4v) is 5.07. The van der Waals surface area contributed by atoms with Crippen LogP contribution < -0.4 is 10.0 Å². The summed E-state index contributed by atoms with van der Waals surface area (Å²) in [5.41, 5.74) is 0.615. The Hall–Kier alpha value is -2.10. The smallest absolute Gasteiger partial charge is 0.241 e. The summed E-state index contributed by atoms with van der Waals surface area (Å²) in [5, 5.41) is 3.57. The maximum atomic E-state index is 13.4. The normalized spacial score (nSPS) is 11.8. The molecular weight excluding hydrogens is 363 g/mol. The van der Waals surface area contributed by atoms with Gasteiger partial charge in [0, 0.05) is 28.2 Å². The number of hydrogen-bond donors (Lipinski definition) is 2. The number of fused-ring (bicyclic) bond motifs is 1. The first-order valence-corrected chi connectivity index (χ1v) is 9.87. The van der Waals surface area contributed by atoms with E-state index in [0.29, 0.717) is 28.2 Å². The van der Waals surface area contributed by atoms with Crippen molar-refractivity contribution in [1.82, 2.24) is 14.7 Å². The molecule has 0 amide bonds. The zero-order valence-corrected chi connectivity index (χ0v) is 15.3. The quantitative estimate of drug-likeness (QED) is 0.643. The minimum absolute atomic E-state index is 0.178. The van der Waals surface area contributed by atoms with Crippen molar-refractivity contribution in [3.05, 3.63) is 46.2 Å². The van der Waals surface area contributed by atoms with Gasteiger partial charge in [0.25, 0.3) is 0 Å². The van der Waals surface area contributed by atoms with Crippen molar-refractivity contribution in [2.45, 2.75) is 18.7 Å². The molecule has 0 aliphatic carbocycles. The lowest BCUT2D eigenvalue weighted by molar-refractivity contribution is 0.582. The molecule has 0 aliphatic heterocycles. The number of hydrogen-bond acceptors (Lipinski definition) is 6. The summed E-state index contributed by atoms with van der Waals surface area (Å²) in [4.78, 5) is 10.2. The van der Waals surface area contributed by atoms with E-state index in [-0.39, 0.29) is 12.4 Å². The van der Waals surface area contributed by atoms with Gasteiger partial charge in [-0.15, -0.1) is 11.3 Å². The molecule has 0 bridgehead atoms. The van der Waals surface area contributed by atoms with E-state index in [9.17, 15) is 12.8 Å². The highest BCUT2D eigenvalue weighted by Gasteiger charge is 2.18. The predicted octanol–water partition coefficient (Wildman–Crippen LogP) is 2.84. The Kier molecular flexibility index (Phi) is 4.98. The first-order valence-electron chi connectivity index (χ1n) is 7.57. The van der Waals surface area contributed by atoms with Crippen molar-refractivity contribution in [3.8, 4) is 0 Å². The van der Waals surface area contributed by atoms with Crippen LogP contribution in [0.5, 0.6) is 0 Å². The van der Waals surface area contributed by atoms with Crippen molar-refractivity contribution < 1.29 is 12.8 Å². The Morgan fingerprint density at radius 1 is 1.16 bits per heavy atom. The minimum Gasteiger partial charge on any atom is -0.368 e. The zero-order chi connectivity index (χ0) is 18.0. The van der Waals surface area contributed by atoms with Crippen LogP contribution in [0, 0.1) is 19.7 Å². The van der Waals surface area contributed by atoms with Crippen molar-refractivity contribution in [2.24, 2.45) is 0 Å². The van der Waals surface area contributed by atoms with Crippen molar-refractivity contribution in [3.63, 3.8) is 0 Å². The summed E-state index contributed by atoms with van der Waals surface area (Å²) < 4.78 is 40.6. The van der Waals surface area contributed by atoms with Crippen molar-refractivity contribution >= 4 is 38.1 Å². The molecule has 1 aromatic carbocycles. The van der Waals surface area contributed by atoms with Gasteiger partial charge in [-0.3, -0.25) is 0 Å². The molecule has 0 saturated carbocycles. The van der Waals surface area contributed by atoms with Gasteiger partial charge in [0.2, 0.25) is 10.0 Å². The number of nitrogens with zero attached hydrogens (tertiary/aromatic N) is 2. The van der Waals surface area contributed by atoms with Gasteiger partial charge in [0.1, 0.15) is 18.0 Å². The largest absolute Gasteiger partial charge is 0.368 e. The first kappa shape index (κ1) is 17.7. The third kappa shape index (κ3) is 3.94. The van der Waals surface area contributed by atoms with Gasteiger partial charge in [-0.1, -0.05) is 0 Å². The van der Waals surface area contributed by atoms with Crippen LogP contribution in [0.3, 0.4) is 0 Å². The van der Waals surface area contributed by atoms with Crippen LogP contribution in [0.2, 0.25) is 0 Å². The molecule has 0 aliphatic rings. The molecule has 25 heavy (non-hydrogen) atoms. The van der Waals surface area contributed by atoms with Gasteiger partial charge in [0.15, 0.2) is 0 Å². The average Bonchev–Trinajstić information content (AvgIpc) is 2.91. The van der Waals surface area contributed by atoms with E-state index < -0.39 is 10.0 Å². The van der Waals surface area contributed by atoms with E-state index in [4.69, 9.17) is 0 Å². The lowest BCUT2D eigenvalue weighted by atomic mass is 10.2. The van der Waals surface area contributed by atoms with Gasteiger partial charge in [0.05, 0.1) is 10.4 Å². The summed E-state index contributed by atoms with van der Waals surface area (Å²) in [7, 11) is -3.55. The second-order valence-electron chi connectivity index (χ2n) is 5.49. The molecule has 2 N–H and O–H groups in total. The number of nitrogens with one attached hydrogen (secondary N) is 2. The Morgan fingerprint density at radius 2 is 1.96 bits per heavy atom. The Bertz CT molecular complexity index is 1020. The Morgan fingerprint density at radius 3 is 2.68 bits per heavy atom. The third-order valence-electron chi connectivity index (χ3n) is 3.59. The number of benzene rings is 1. The Labute approximate surface area is 149 Å². The summed E-state index contributed by atoms with van der Waals surface area (Å²) in [6.07, 6.45) is 1.38. The maximum absolute atomic E-state index is 13.4. The van der Waals surface area contributed by atoms with Crippen LogP contribution in [0.1, 0.15) is 9.75 Å². The third-order valence-corrected chi connectivity index (χ3v) is 6.27. The van der Waals surface area contributed by atoms with Gasteiger partial charge < -0.3 is 5.32 Å². The summed E-state index contributed by atoms with van der Waals surface area (Å²) in [6.45, 7) is 4.14. The van der Waals surface area contributed by atoms with Gasteiger partial charge in [-0.2, -0.15) is 0 Å². The second-order valence-corrected chi connectivity index (χ2v) is 8.68. The lowest BCUT2D eigenvalue weighted by Gasteiger charge is -2.09. The molecule has 0 spiro atoms. The number of thiophene rings is 1. The molecule has 2 aromatic heterocycles. The van der Waals surface area contributed by atoms with Gasteiger partial charge in [-0.05, 0) is 38.1 Å². The predicted molar refractivity (Wildman–Crippen MR) is 97.0 cm³/mol. The second kappa shape index (κ2) is 7.03. The molecule has 0 unspecified atom stereocenters. The van der Waals surface area contributed by atoms with Crippen LogP contribution in [0.15, 0.2) is 35.5 Å². The highest BCUT2D eigenvalue weighted by molar-refractivity contribution is 7.89. The van der Waals surface area contributed by atoms with E-state index in [1.807, 2.05) is 6.92 Å². The van der Waals surface area contributed by atoms with Crippen LogP contribution in [-0.4, -0.2) is 31.5 Å². The highest BCUT2D eigenvalue weighted by atomic mass is 32.2. The molecule has 9 heteroatoms. The van der Waals surface area contributed by atoms with Crippen molar-refractivity contribution in [1.29, 1.82) is 0 Å². The molecular formula is C16H17FN4O2S2. The maximum Gasteiger partial charge on any atom is 0.241 e. The van der Waals surface area contributed by atoms with Crippen LogP contribution >= 0.6 is 11.3 Å². The fourth-order valence-electron chi connectivity index (χ4n) is 2.49. The topological polar surface area (TPSA) is 84.0 Å². The molecule has 3 rings (SSSR count). The lowest BCUT2D eigenvalue weighted by Crippen LogP contribution is -2.29.